The maximum absolute atomic E-state index is 9.55. The Labute approximate surface area is 101 Å². The van der Waals surface area contributed by atoms with Gasteiger partial charge in [0.05, 0.1) is 6.10 Å². The highest BCUT2D eigenvalue weighted by atomic mass is 35.5. The molecule has 1 aromatic carbocycles. The number of benzene rings is 1. The van der Waals surface area contributed by atoms with Crippen molar-refractivity contribution in [1.29, 1.82) is 0 Å². The Bertz CT molecular complexity index is 319. The lowest BCUT2D eigenvalue weighted by Gasteiger charge is -2.28. The number of piperidine rings is 1. The zero-order valence-electron chi connectivity index (χ0n) is 8.32. The minimum atomic E-state index is -0.197. The van der Waals surface area contributed by atoms with Crippen molar-refractivity contribution in [3.8, 4) is 0 Å². The average Bonchev–Trinajstić information content (AvgIpc) is 2.18. The fraction of sp³-hybridized carbons (Fsp3) is 0.455. The van der Waals surface area contributed by atoms with Crippen LogP contribution in [0.1, 0.15) is 24.4 Å². The van der Waals surface area contributed by atoms with Gasteiger partial charge in [-0.1, -0.05) is 29.8 Å². The third kappa shape index (κ3) is 3.08. The van der Waals surface area contributed by atoms with Gasteiger partial charge in [0.15, 0.2) is 0 Å². The maximum Gasteiger partial charge on any atom is 0.0570 e. The lowest BCUT2D eigenvalue weighted by molar-refractivity contribution is 0.117. The van der Waals surface area contributed by atoms with E-state index in [9.17, 15) is 5.11 Å². The van der Waals surface area contributed by atoms with Gasteiger partial charge in [0.1, 0.15) is 0 Å². The highest BCUT2D eigenvalue weighted by Gasteiger charge is 2.22. The topological polar surface area (TPSA) is 32.3 Å². The highest BCUT2D eigenvalue weighted by Crippen LogP contribution is 2.28. The van der Waals surface area contributed by atoms with Crippen molar-refractivity contribution >= 4 is 24.0 Å². The van der Waals surface area contributed by atoms with E-state index in [0.717, 1.165) is 30.0 Å². The van der Waals surface area contributed by atoms with E-state index < -0.39 is 0 Å². The molecule has 0 saturated carbocycles. The molecule has 84 valence electrons. The van der Waals surface area contributed by atoms with Gasteiger partial charge in [0.25, 0.3) is 0 Å². The van der Waals surface area contributed by atoms with Gasteiger partial charge in [0.2, 0.25) is 0 Å². The molecule has 1 aromatic rings. The molecule has 2 rings (SSSR count). The number of rotatable bonds is 1. The van der Waals surface area contributed by atoms with Crippen molar-refractivity contribution in [2.24, 2.45) is 0 Å². The second kappa shape index (κ2) is 5.71. The van der Waals surface area contributed by atoms with Gasteiger partial charge in [-0.05, 0) is 31.0 Å². The van der Waals surface area contributed by atoms with Crippen molar-refractivity contribution in [2.75, 3.05) is 6.54 Å². The Balaban J connectivity index is 0.00000112. The minimum absolute atomic E-state index is 0. The summed E-state index contributed by atoms with van der Waals surface area (Å²) in [6.07, 6.45) is 1.39. The van der Waals surface area contributed by atoms with E-state index in [1.165, 1.54) is 0 Å². The molecule has 1 heterocycles. The van der Waals surface area contributed by atoms with E-state index in [4.69, 9.17) is 11.6 Å². The molecule has 1 aliphatic rings. The smallest absolute Gasteiger partial charge is 0.0570 e. The number of nitrogens with one attached hydrogen (secondary N) is 1. The van der Waals surface area contributed by atoms with E-state index in [1.54, 1.807) is 0 Å². The molecule has 0 aliphatic carbocycles. The SMILES string of the molecule is Cl.OC1CCNC(c2ccccc2Cl)C1. The lowest BCUT2D eigenvalue weighted by Crippen LogP contribution is -2.34. The molecule has 2 unspecified atom stereocenters. The predicted octanol–water partition coefficient (Wildman–Crippen LogP) is 2.55. The fourth-order valence-electron chi connectivity index (χ4n) is 1.89. The monoisotopic (exact) mass is 247 g/mol. The third-order valence-electron chi connectivity index (χ3n) is 2.66. The van der Waals surface area contributed by atoms with E-state index in [2.05, 4.69) is 5.32 Å². The van der Waals surface area contributed by atoms with Crippen molar-refractivity contribution in [2.45, 2.75) is 25.0 Å². The first kappa shape index (κ1) is 12.8. The average molecular weight is 248 g/mol. The third-order valence-corrected chi connectivity index (χ3v) is 3.00. The standard InChI is InChI=1S/C11H14ClNO.ClH/c12-10-4-2-1-3-9(10)11-7-8(14)5-6-13-11;/h1-4,8,11,13-14H,5-7H2;1H. The lowest BCUT2D eigenvalue weighted by atomic mass is 9.95. The molecule has 0 bridgehead atoms. The van der Waals surface area contributed by atoms with Crippen LogP contribution < -0.4 is 5.32 Å². The summed E-state index contributed by atoms with van der Waals surface area (Å²) >= 11 is 6.08. The van der Waals surface area contributed by atoms with Crippen LogP contribution in [-0.2, 0) is 0 Å². The largest absolute Gasteiger partial charge is 0.393 e. The molecule has 4 heteroatoms. The van der Waals surface area contributed by atoms with E-state index >= 15 is 0 Å². The first-order valence-corrected chi connectivity index (χ1v) is 5.31. The van der Waals surface area contributed by atoms with Crippen LogP contribution in [0.5, 0.6) is 0 Å². The summed E-state index contributed by atoms with van der Waals surface area (Å²) in [6.45, 7) is 0.858. The van der Waals surface area contributed by atoms with E-state index in [1.807, 2.05) is 24.3 Å². The van der Waals surface area contributed by atoms with Gasteiger partial charge in [-0.3, -0.25) is 0 Å². The summed E-state index contributed by atoms with van der Waals surface area (Å²) in [5, 5.41) is 13.7. The Hall–Kier alpha value is -0.280. The molecule has 2 N–H and O–H groups in total. The van der Waals surface area contributed by atoms with Gasteiger partial charge in [-0.25, -0.2) is 0 Å². The van der Waals surface area contributed by atoms with Crippen molar-refractivity contribution in [3.05, 3.63) is 34.9 Å². The second-order valence-corrected chi connectivity index (χ2v) is 4.11. The Morgan fingerprint density at radius 3 is 2.73 bits per heavy atom. The fourth-order valence-corrected chi connectivity index (χ4v) is 2.16. The van der Waals surface area contributed by atoms with Crippen LogP contribution in [0.15, 0.2) is 24.3 Å². The Morgan fingerprint density at radius 1 is 1.33 bits per heavy atom. The summed E-state index contributed by atoms with van der Waals surface area (Å²) in [5.41, 5.74) is 1.09. The molecule has 1 aliphatic heterocycles. The van der Waals surface area contributed by atoms with Crippen LogP contribution in [0.2, 0.25) is 5.02 Å². The molecule has 0 aromatic heterocycles. The van der Waals surface area contributed by atoms with Crippen LogP contribution in [0.4, 0.5) is 0 Å². The molecular weight excluding hydrogens is 233 g/mol. The van der Waals surface area contributed by atoms with Crippen LogP contribution in [0, 0.1) is 0 Å². The summed E-state index contributed by atoms with van der Waals surface area (Å²) in [5.74, 6) is 0. The summed E-state index contributed by atoms with van der Waals surface area (Å²) in [6, 6.07) is 8.00. The number of aliphatic hydroxyl groups excluding tert-OH is 1. The van der Waals surface area contributed by atoms with Gasteiger partial charge in [-0.2, -0.15) is 0 Å². The summed E-state index contributed by atoms with van der Waals surface area (Å²) in [7, 11) is 0. The number of hydrogen-bond donors (Lipinski definition) is 2. The minimum Gasteiger partial charge on any atom is -0.393 e. The molecule has 15 heavy (non-hydrogen) atoms. The molecule has 1 fully saturated rings. The molecule has 1 saturated heterocycles. The van der Waals surface area contributed by atoms with Gasteiger partial charge in [0, 0.05) is 11.1 Å². The zero-order valence-corrected chi connectivity index (χ0v) is 9.89. The van der Waals surface area contributed by atoms with Gasteiger partial charge in [-0.15, -0.1) is 12.4 Å². The second-order valence-electron chi connectivity index (χ2n) is 3.71. The molecule has 0 amide bonds. The normalized spacial score (nSPS) is 25.7. The maximum atomic E-state index is 9.55. The van der Waals surface area contributed by atoms with Crippen LogP contribution >= 0.6 is 24.0 Å². The van der Waals surface area contributed by atoms with Crippen LogP contribution in [0.3, 0.4) is 0 Å². The van der Waals surface area contributed by atoms with Crippen molar-refractivity contribution in [1.82, 2.24) is 5.32 Å². The zero-order chi connectivity index (χ0) is 9.97. The first-order chi connectivity index (χ1) is 6.77. The van der Waals surface area contributed by atoms with E-state index in [0.29, 0.717) is 0 Å². The van der Waals surface area contributed by atoms with Gasteiger partial charge >= 0.3 is 0 Å². The van der Waals surface area contributed by atoms with Crippen molar-refractivity contribution < 1.29 is 5.11 Å². The summed E-state index contributed by atoms with van der Waals surface area (Å²) < 4.78 is 0. The number of aliphatic hydroxyl groups is 1. The van der Waals surface area contributed by atoms with Crippen molar-refractivity contribution in [3.63, 3.8) is 0 Å². The first-order valence-electron chi connectivity index (χ1n) is 4.93. The molecule has 2 atom stereocenters. The summed E-state index contributed by atoms with van der Waals surface area (Å²) in [4.78, 5) is 0. The highest BCUT2D eigenvalue weighted by molar-refractivity contribution is 6.31. The number of hydrogen-bond acceptors (Lipinski definition) is 2. The molecular formula is C11H15Cl2NO. The van der Waals surface area contributed by atoms with Crippen LogP contribution in [0.25, 0.3) is 0 Å². The number of halogens is 2. The quantitative estimate of drug-likeness (QED) is 0.800. The Morgan fingerprint density at radius 2 is 2.07 bits per heavy atom. The van der Waals surface area contributed by atoms with Crippen LogP contribution in [-0.4, -0.2) is 17.8 Å². The molecule has 2 nitrogen and oxygen atoms in total. The van der Waals surface area contributed by atoms with E-state index in [-0.39, 0.29) is 24.6 Å². The van der Waals surface area contributed by atoms with Gasteiger partial charge < -0.3 is 10.4 Å². The molecule has 0 radical (unpaired) electrons. The molecule has 0 spiro atoms. The predicted molar refractivity (Wildman–Crippen MR) is 64.7 cm³/mol. The Kier molecular flexibility index (Phi) is 4.87.